The summed E-state index contributed by atoms with van der Waals surface area (Å²) >= 11 is 1.55. The van der Waals surface area contributed by atoms with Crippen LogP contribution >= 0.6 is 11.3 Å². The van der Waals surface area contributed by atoms with Gasteiger partial charge < -0.3 is 5.11 Å². The van der Waals surface area contributed by atoms with Gasteiger partial charge in [0.15, 0.2) is 0 Å². The Labute approximate surface area is 109 Å². The number of amides is 1. The third-order valence-electron chi connectivity index (χ3n) is 2.35. The molecule has 0 aliphatic rings. The highest BCUT2D eigenvalue weighted by Crippen LogP contribution is 2.15. The van der Waals surface area contributed by atoms with Gasteiger partial charge in [0.25, 0.3) is 5.91 Å². The van der Waals surface area contributed by atoms with Gasteiger partial charge in [-0.1, -0.05) is 18.2 Å². The van der Waals surface area contributed by atoms with Gasteiger partial charge in [-0.25, -0.2) is 5.43 Å². The second-order valence-corrected chi connectivity index (χ2v) is 4.58. The maximum Gasteiger partial charge on any atom is 0.275 e. The average Bonchev–Trinajstić information content (AvgIpc) is 2.90. The fraction of sp³-hybridized carbons (Fsp3) is 0.0769. The van der Waals surface area contributed by atoms with E-state index < -0.39 is 5.91 Å². The molecule has 2 N–H and O–H groups in total. The van der Waals surface area contributed by atoms with Crippen molar-refractivity contribution in [2.45, 2.75) is 6.92 Å². The van der Waals surface area contributed by atoms with E-state index in [1.165, 1.54) is 6.07 Å². The van der Waals surface area contributed by atoms with Crippen LogP contribution in [0.25, 0.3) is 0 Å². The lowest BCUT2D eigenvalue weighted by atomic mass is 10.2. The van der Waals surface area contributed by atoms with Crippen LogP contribution in [-0.2, 0) is 0 Å². The Bertz CT molecular complexity index is 576. The molecule has 5 heteroatoms. The van der Waals surface area contributed by atoms with Gasteiger partial charge in [0.05, 0.1) is 11.3 Å². The maximum atomic E-state index is 11.8. The molecule has 92 valence electrons. The topological polar surface area (TPSA) is 61.7 Å². The Kier molecular flexibility index (Phi) is 3.74. The van der Waals surface area contributed by atoms with Crippen molar-refractivity contribution in [1.82, 2.24) is 5.43 Å². The molecule has 18 heavy (non-hydrogen) atoms. The molecule has 1 amide bonds. The number of hydrogen-bond donors (Lipinski definition) is 2. The van der Waals surface area contributed by atoms with Gasteiger partial charge in [0, 0.05) is 4.88 Å². The fourth-order valence-electron chi connectivity index (χ4n) is 1.40. The summed E-state index contributed by atoms with van der Waals surface area (Å²) in [4.78, 5) is 12.8. The predicted molar refractivity (Wildman–Crippen MR) is 72.1 cm³/mol. The molecule has 0 fully saturated rings. The summed E-state index contributed by atoms with van der Waals surface area (Å²) in [7, 11) is 0. The lowest BCUT2D eigenvalue weighted by molar-refractivity contribution is 0.0952. The van der Waals surface area contributed by atoms with E-state index in [9.17, 15) is 9.90 Å². The van der Waals surface area contributed by atoms with E-state index >= 15 is 0 Å². The Balaban J connectivity index is 2.09. The summed E-state index contributed by atoms with van der Waals surface area (Å²) in [5.74, 6) is -0.483. The van der Waals surface area contributed by atoms with Gasteiger partial charge in [0.1, 0.15) is 5.75 Å². The van der Waals surface area contributed by atoms with Crippen molar-refractivity contribution in [1.29, 1.82) is 0 Å². The Morgan fingerprint density at radius 1 is 1.28 bits per heavy atom. The number of aromatic hydroxyl groups is 1. The van der Waals surface area contributed by atoms with Crippen molar-refractivity contribution in [3.05, 3.63) is 52.2 Å². The number of para-hydroxylation sites is 1. The van der Waals surface area contributed by atoms with E-state index in [2.05, 4.69) is 10.5 Å². The van der Waals surface area contributed by atoms with Gasteiger partial charge >= 0.3 is 0 Å². The van der Waals surface area contributed by atoms with E-state index in [0.29, 0.717) is 0 Å². The van der Waals surface area contributed by atoms with E-state index in [1.54, 1.807) is 29.5 Å². The van der Waals surface area contributed by atoms with E-state index in [4.69, 9.17) is 0 Å². The second-order valence-electron chi connectivity index (χ2n) is 3.63. The second kappa shape index (κ2) is 5.46. The zero-order chi connectivity index (χ0) is 13.0. The quantitative estimate of drug-likeness (QED) is 0.658. The number of rotatable bonds is 3. The average molecular weight is 260 g/mol. The van der Waals surface area contributed by atoms with Gasteiger partial charge in [0.2, 0.25) is 0 Å². The molecule has 0 bridgehead atoms. The molecule has 0 spiro atoms. The number of nitrogens with one attached hydrogen (secondary N) is 1. The first-order valence-electron chi connectivity index (χ1n) is 5.35. The molecule has 4 nitrogen and oxygen atoms in total. The number of phenols is 1. The summed E-state index contributed by atoms with van der Waals surface area (Å²) in [5, 5.41) is 15.5. The first-order chi connectivity index (χ1) is 8.68. The van der Waals surface area contributed by atoms with Gasteiger partial charge in [-0.15, -0.1) is 11.3 Å². The lowest BCUT2D eigenvalue weighted by Gasteiger charge is -2.03. The molecule has 1 aromatic heterocycles. The molecular formula is C13H12N2O2S. The number of phenolic OH excluding ortho intramolecular Hbond substituents is 1. The number of benzene rings is 1. The van der Waals surface area contributed by atoms with Crippen LogP contribution in [0.3, 0.4) is 0 Å². The molecule has 0 saturated heterocycles. The van der Waals surface area contributed by atoms with E-state index in [1.807, 2.05) is 24.4 Å². The maximum absolute atomic E-state index is 11.8. The fourth-order valence-corrected chi connectivity index (χ4v) is 2.08. The van der Waals surface area contributed by atoms with Gasteiger partial charge in [-0.05, 0) is 30.5 Å². The van der Waals surface area contributed by atoms with Gasteiger partial charge in [-0.2, -0.15) is 5.10 Å². The molecule has 0 saturated carbocycles. The summed E-state index contributed by atoms with van der Waals surface area (Å²) in [6.45, 7) is 1.82. The minimum atomic E-state index is -0.427. The van der Waals surface area contributed by atoms with Crippen LogP contribution in [-0.4, -0.2) is 16.7 Å². The smallest absolute Gasteiger partial charge is 0.275 e. The molecule has 0 unspecified atom stereocenters. The van der Waals surface area contributed by atoms with Crippen LogP contribution in [0, 0.1) is 0 Å². The number of carbonyl (C=O) groups is 1. The Hall–Kier alpha value is -2.14. The number of carbonyl (C=O) groups excluding carboxylic acids is 1. The SMILES string of the molecule is CC(=NNC(=O)c1ccccc1O)c1cccs1. The third-order valence-corrected chi connectivity index (χ3v) is 3.33. The zero-order valence-corrected chi connectivity index (χ0v) is 10.6. The molecule has 0 aliphatic heterocycles. The molecular weight excluding hydrogens is 248 g/mol. The van der Waals surface area contributed by atoms with Crippen molar-refractivity contribution < 1.29 is 9.90 Å². The highest BCUT2D eigenvalue weighted by atomic mass is 32.1. The largest absolute Gasteiger partial charge is 0.507 e. The molecule has 2 rings (SSSR count). The summed E-state index contributed by atoms with van der Waals surface area (Å²) < 4.78 is 0. The predicted octanol–water partition coefficient (Wildman–Crippen LogP) is 2.61. The summed E-state index contributed by atoms with van der Waals surface area (Å²) in [6, 6.07) is 10.2. The highest BCUT2D eigenvalue weighted by Gasteiger charge is 2.09. The van der Waals surface area contributed by atoms with Crippen molar-refractivity contribution in [2.24, 2.45) is 5.10 Å². The molecule has 1 heterocycles. The molecule has 0 radical (unpaired) electrons. The number of thiophene rings is 1. The Morgan fingerprint density at radius 2 is 2.06 bits per heavy atom. The number of hydrogen-bond acceptors (Lipinski definition) is 4. The van der Waals surface area contributed by atoms with E-state index in [0.717, 1.165) is 10.6 Å². The van der Waals surface area contributed by atoms with Crippen molar-refractivity contribution in [2.75, 3.05) is 0 Å². The van der Waals surface area contributed by atoms with Crippen molar-refractivity contribution in [3.63, 3.8) is 0 Å². The minimum Gasteiger partial charge on any atom is -0.507 e. The van der Waals surface area contributed by atoms with Crippen LogP contribution in [0.15, 0.2) is 46.9 Å². The highest BCUT2D eigenvalue weighted by molar-refractivity contribution is 7.12. The molecule has 0 atom stereocenters. The standard InChI is InChI=1S/C13H12N2O2S/c1-9(12-7-4-8-18-12)14-15-13(17)10-5-2-3-6-11(10)16/h2-8,16H,1H3,(H,15,17). The number of hydrazone groups is 1. The zero-order valence-electron chi connectivity index (χ0n) is 9.75. The van der Waals surface area contributed by atoms with Crippen LogP contribution < -0.4 is 5.43 Å². The molecule has 1 aromatic carbocycles. The monoisotopic (exact) mass is 260 g/mol. The molecule has 2 aromatic rings. The van der Waals surface area contributed by atoms with Crippen LogP contribution in [0.2, 0.25) is 0 Å². The number of nitrogens with zero attached hydrogens (tertiary/aromatic N) is 1. The van der Waals surface area contributed by atoms with Crippen LogP contribution in [0.5, 0.6) is 5.75 Å². The minimum absolute atomic E-state index is 0.0565. The van der Waals surface area contributed by atoms with E-state index in [-0.39, 0.29) is 11.3 Å². The van der Waals surface area contributed by atoms with Crippen LogP contribution in [0.1, 0.15) is 22.2 Å². The summed E-state index contributed by atoms with van der Waals surface area (Å²) in [5.41, 5.74) is 3.36. The van der Waals surface area contributed by atoms with Crippen LogP contribution in [0.4, 0.5) is 0 Å². The Morgan fingerprint density at radius 3 is 2.72 bits per heavy atom. The van der Waals surface area contributed by atoms with Crippen molar-refractivity contribution in [3.8, 4) is 5.75 Å². The summed E-state index contributed by atoms with van der Waals surface area (Å²) in [6.07, 6.45) is 0. The third kappa shape index (κ3) is 2.75. The molecule has 0 aliphatic carbocycles. The first kappa shape index (κ1) is 12.3. The van der Waals surface area contributed by atoms with Gasteiger partial charge in [-0.3, -0.25) is 4.79 Å². The first-order valence-corrected chi connectivity index (χ1v) is 6.23. The van der Waals surface area contributed by atoms with Crippen molar-refractivity contribution >= 4 is 23.0 Å². The lowest BCUT2D eigenvalue weighted by Crippen LogP contribution is -2.19. The normalized spacial score (nSPS) is 11.3.